The molecule has 1 heterocycles. The van der Waals surface area contributed by atoms with Crippen molar-refractivity contribution in [3.05, 3.63) is 29.8 Å². The normalized spacial score (nSPS) is 19.9. The van der Waals surface area contributed by atoms with Crippen LogP contribution in [0.4, 0.5) is 0 Å². The van der Waals surface area contributed by atoms with E-state index in [1.54, 1.807) is 0 Å². The molecule has 1 aliphatic heterocycles. The summed E-state index contributed by atoms with van der Waals surface area (Å²) < 4.78 is 11.0. The van der Waals surface area contributed by atoms with Crippen LogP contribution in [0.1, 0.15) is 25.8 Å². The second-order valence-corrected chi connectivity index (χ2v) is 6.04. The number of rotatable bonds is 7. The second kappa shape index (κ2) is 8.37. The van der Waals surface area contributed by atoms with Crippen molar-refractivity contribution in [2.45, 2.75) is 32.9 Å². The largest absolute Gasteiger partial charge is 0.491 e. The summed E-state index contributed by atoms with van der Waals surface area (Å²) in [6, 6.07) is 8.68. The molecule has 0 saturated carbocycles. The van der Waals surface area contributed by atoms with Gasteiger partial charge in [0.05, 0.1) is 19.8 Å². The highest BCUT2D eigenvalue weighted by molar-refractivity contribution is 5.27. The van der Waals surface area contributed by atoms with E-state index in [0.29, 0.717) is 18.6 Å². The van der Waals surface area contributed by atoms with Gasteiger partial charge < -0.3 is 14.6 Å². The molecule has 118 valence electrons. The maximum Gasteiger partial charge on any atom is 0.119 e. The van der Waals surface area contributed by atoms with Gasteiger partial charge in [-0.05, 0) is 30.0 Å². The van der Waals surface area contributed by atoms with Gasteiger partial charge in [-0.3, -0.25) is 4.90 Å². The van der Waals surface area contributed by atoms with Gasteiger partial charge in [0.2, 0.25) is 0 Å². The summed E-state index contributed by atoms with van der Waals surface area (Å²) in [7, 11) is 0. The van der Waals surface area contributed by atoms with E-state index in [-0.39, 0.29) is 6.61 Å². The van der Waals surface area contributed by atoms with Crippen LogP contribution >= 0.6 is 0 Å². The number of aliphatic hydroxyl groups excluding tert-OH is 1. The molecule has 1 aromatic rings. The smallest absolute Gasteiger partial charge is 0.119 e. The van der Waals surface area contributed by atoms with Gasteiger partial charge >= 0.3 is 0 Å². The summed E-state index contributed by atoms with van der Waals surface area (Å²) in [5, 5.41) is 8.76. The summed E-state index contributed by atoms with van der Waals surface area (Å²) in [4.78, 5) is 2.52. The van der Waals surface area contributed by atoms with Gasteiger partial charge in [0.15, 0.2) is 0 Å². The Morgan fingerprint density at radius 2 is 2.10 bits per heavy atom. The molecule has 1 aromatic carbocycles. The van der Waals surface area contributed by atoms with E-state index >= 15 is 0 Å². The van der Waals surface area contributed by atoms with E-state index in [1.807, 2.05) is 12.1 Å². The zero-order valence-electron chi connectivity index (χ0n) is 13.1. The fraction of sp³-hybridized carbons (Fsp3) is 0.647. The number of benzene rings is 1. The Kier molecular flexibility index (Phi) is 6.49. The second-order valence-electron chi connectivity index (χ2n) is 6.04. The maximum absolute atomic E-state index is 8.76. The van der Waals surface area contributed by atoms with E-state index in [4.69, 9.17) is 14.6 Å². The summed E-state index contributed by atoms with van der Waals surface area (Å²) in [6.07, 6.45) is 1.18. The lowest BCUT2D eigenvalue weighted by Gasteiger charge is -2.36. The van der Waals surface area contributed by atoms with Crippen LogP contribution in [0.25, 0.3) is 0 Å². The van der Waals surface area contributed by atoms with Crippen molar-refractivity contribution in [2.75, 3.05) is 33.0 Å². The number of hydrogen-bond acceptors (Lipinski definition) is 4. The molecular formula is C17H27NO3. The summed E-state index contributed by atoms with van der Waals surface area (Å²) in [6.45, 7) is 8.55. The Morgan fingerprint density at radius 1 is 1.33 bits per heavy atom. The van der Waals surface area contributed by atoms with Crippen LogP contribution in [0, 0.1) is 5.92 Å². The lowest BCUT2D eigenvalue weighted by Crippen LogP contribution is -2.45. The number of aliphatic hydroxyl groups is 1. The van der Waals surface area contributed by atoms with Crippen LogP contribution in [0.2, 0.25) is 0 Å². The third-order valence-corrected chi connectivity index (χ3v) is 3.76. The molecule has 1 N–H and O–H groups in total. The van der Waals surface area contributed by atoms with Gasteiger partial charge in [0, 0.05) is 19.1 Å². The summed E-state index contributed by atoms with van der Waals surface area (Å²) >= 11 is 0. The first kappa shape index (κ1) is 16.3. The quantitative estimate of drug-likeness (QED) is 0.837. The molecule has 21 heavy (non-hydrogen) atoms. The Morgan fingerprint density at radius 3 is 2.76 bits per heavy atom. The molecule has 0 radical (unpaired) electrons. The number of nitrogens with zero attached hydrogens (tertiary/aromatic N) is 1. The Balaban J connectivity index is 1.92. The zero-order chi connectivity index (χ0) is 15.1. The van der Waals surface area contributed by atoms with Gasteiger partial charge in [-0.2, -0.15) is 0 Å². The molecular weight excluding hydrogens is 266 g/mol. The van der Waals surface area contributed by atoms with Crippen LogP contribution in [-0.2, 0) is 11.3 Å². The van der Waals surface area contributed by atoms with Crippen molar-refractivity contribution >= 4 is 0 Å². The van der Waals surface area contributed by atoms with E-state index in [2.05, 4.69) is 30.9 Å². The standard InChI is InChI=1S/C17H27NO3/c1-14(2)11-16-13-20-9-7-18(16)12-15-3-5-17(6-4-15)21-10-8-19/h3-6,14,16,19H,7-13H2,1-2H3/t16-/m1/s1. The van der Waals surface area contributed by atoms with Crippen LogP contribution in [0.15, 0.2) is 24.3 Å². The van der Waals surface area contributed by atoms with Gasteiger partial charge in [-0.1, -0.05) is 26.0 Å². The highest BCUT2D eigenvalue weighted by Crippen LogP contribution is 2.20. The maximum atomic E-state index is 8.76. The SMILES string of the molecule is CC(C)C[C@@H]1COCCN1Cc1ccc(OCCO)cc1. The number of morpholine rings is 1. The predicted molar refractivity (Wildman–Crippen MR) is 83.5 cm³/mol. The minimum absolute atomic E-state index is 0.0480. The van der Waals surface area contributed by atoms with Crippen molar-refractivity contribution in [1.82, 2.24) is 4.90 Å². The molecule has 0 bridgehead atoms. The monoisotopic (exact) mass is 293 g/mol. The summed E-state index contributed by atoms with van der Waals surface area (Å²) in [5.41, 5.74) is 1.29. The van der Waals surface area contributed by atoms with Crippen LogP contribution < -0.4 is 4.74 Å². The molecule has 0 aromatic heterocycles. The molecule has 1 saturated heterocycles. The molecule has 0 amide bonds. The van der Waals surface area contributed by atoms with Gasteiger partial charge in [0.1, 0.15) is 12.4 Å². The van der Waals surface area contributed by atoms with Crippen molar-refractivity contribution in [3.8, 4) is 5.75 Å². The molecule has 4 nitrogen and oxygen atoms in total. The van der Waals surface area contributed by atoms with E-state index < -0.39 is 0 Å². The highest BCUT2D eigenvalue weighted by atomic mass is 16.5. The third-order valence-electron chi connectivity index (χ3n) is 3.76. The van der Waals surface area contributed by atoms with Crippen molar-refractivity contribution < 1.29 is 14.6 Å². The fourth-order valence-corrected chi connectivity index (χ4v) is 2.75. The molecule has 1 fully saturated rings. The molecule has 1 atom stereocenters. The first-order valence-electron chi connectivity index (χ1n) is 7.83. The Bertz CT molecular complexity index is 405. The number of hydrogen-bond donors (Lipinski definition) is 1. The predicted octanol–water partition coefficient (Wildman–Crippen LogP) is 2.30. The highest BCUT2D eigenvalue weighted by Gasteiger charge is 2.23. The minimum atomic E-state index is 0.0480. The van der Waals surface area contributed by atoms with Crippen LogP contribution in [0.5, 0.6) is 5.75 Å². The minimum Gasteiger partial charge on any atom is -0.491 e. The molecule has 0 spiro atoms. The molecule has 2 rings (SSSR count). The lowest BCUT2D eigenvalue weighted by molar-refractivity contribution is -0.0186. The third kappa shape index (κ3) is 5.30. The van der Waals surface area contributed by atoms with Crippen molar-refractivity contribution in [2.24, 2.45) is 5.92 Å². The molecule has 0 unspecified atom stereocenters. The van der Waals surface area contributed by atoms with E-state index in [0.717, 1.165) is 32.1 Å². The molecule has 4 heteroatoms. The Hall–Kier alpha value is -1.10. The topological polar surface area (TPSA) is 41.9 Å². The average Bonchev–Trinajstić information content (AvgIpc) is 2.48. The van der Waals surface area contributed by atoms with Gasteiger partial charge in [-0.15, -0.1) is 0 Å². The first-order valence-corrected chi connectivity index (χ1v) is 7.83. The number of ether oxygens (including phenoxy) is 2. The zero-order valence-corrected chi connectivity index (χ0v) is 13.1. The van der Waals surface area contributed by atoms with Crippen molar-refractivity contribution in [1.29, 1.82) is 0 Å². The van der Waals surface area contributed by atoms with Gasteiger partial charge in [0.25, 0.3) is 0 Å². The summed E-state index contributed by atoms with van der Waals surface area (Å²) in [5.74, 6) is 1.50. The Labute approximate surface area is 127 Å². The molecule has 1 aliphatic rings. The first-order chi connectivity index (χ1) is 10.2. The van der Waals surface area contributed by atoms with E-state index in [9.17, 15) is 0 Å². The van der Waals surface area contributed by atoms with Crippen molar-refractivity contribution in [3.63, 3.8) is 0 Å². The lowest BCUT2D eigenvalue weighted by atomic mass is 10.0. The fourth-order valence-electron chi connectivity index (χ4n) is 2.75. The van der Waals surface area contributed by atoms with Gasteiger partial charge in [-0.25, -0.2) is 0 Å². The van der Waals surface area contributed by atoms with Crippen LogP contribution in [0.3, 0.4) is 0 Å². The van der Waals surface area contributed by atoms with Crippen LogP contribution in [-0.4, -0.2) is 49.0 Å². The van der Waals surface area contributed by atoms with E-state index in [1.165, 1.54) is 12.0 Å². The molecule has 0 aliphatic carbocycles. The average molecular weight is 293 g/mol.